The minimum absolute atomic E-state index is 0.0202. The number of carbonyl (C=O) groups is 2. The van der Waals surface area contributed by atoms with E-state index in [0.717, 1.165) is 6.42 Å². The Hall–Kier alpha value is -0.750. The highest BCUT2D eigenvalue weighted by atomic mass is 32.1. The monoisotopic (exact) mass is 374 g/mol. The number of thiol groups is 1. The van der Waals surface area contributed by atoms with Crippen molar-refractivity contribution in [2.75, 3.05) is 26.3 Å². The number of hydrogen-bond donors (Lipinski definition) is 3. The third-order valence-corrected chi connectivity index (χ3v) is 4.00. The summed E-state index contributed by atoms with van der Waals surface area (Å²) in [6.07, 6.45) is 1.27. The molecule has 0 aliphatic carbocycles. The van der Waals surface area contributed by atoms with Crippen LogP contribution in [0, 0.1) is 16.7 Å². The first-order valence-electron chi connectivity index (χ1n) is 9.15. The van der Waals surface area contributed by atoms with Crippen molar-refractivity contribution in [3.63, 3.8) is 0 Å². The van der Waals surface area contributed by atoms with Crippen LogP contribution in [0.2, 0.25) is 0 Å². The summed E-state index contributed by atoms with van der Waals surface area (Å²) in [5, 5.41) is 5.63. The van der Waals surface area contributed by atoms with Gasteiger partial charge in [0, 0.05) is 26.1 Å². The van der Waals surface area contributed by atoms with Crippen LogP contribution in [0.25, 0.3) is 0 Å². The lowest BCUT2D eigenvalue weighted by atomic mass is 9.75. The predicted octanol–water partition coefficient (Wildman–Crippen LogP) is 3.04. The van der Waals surface area contributed by atoms with Crippen LogP contribution in [0.5, 0.6) is 0 Å². The molecule has 0 aliphatic heterocycles. The second-order valence-corrected chi connectivity index (χ2v) is 9.67. The average molecular weight is 375 g/mol. The van der Waals surface area contributed by atoms with Crippen molar-refractivity contribution in [1.82, 2.24) is 10.6 Å². The van der Waals surface area contributed by atoms with Crippen molar-refractivity contribution >= 4 is 24.4 Å². The van der Waals surface area contributed by atoms with Gasteiger partial charge in [0.1, 0.15) is 0 Å². The lowest BCUT2D eigenvalue weighted by molar-refractivity contribution is -0.122. The van der Waals surface area contributed by atoms with Gasteiger partial charge in [-0.25, -0.2) is 0 Å². The highest BCUT2D eigenvalue weighted by molar-refractivity contribution is 7.81. The molecule has 0 saturated carbocycles. The van der Waals surface area contributed by atoms with E-state index in [2.05, 4.69) is 64.8 Å². The molecule has 0 heterocycles. The number of amides is 2. The molecule has 0 bridgehead atoms. The molecule has 0 aromatic heterocycles. The molecule has 0 rings (SSSR count). The van der Waals surface area contributed by atoms with Gasteiger partial charge in [-0.05, 0) is 30.1 Å². The topological polar surface area (TPSA) is 67.4 Å². The van der Waals surface area contributed by atoms with Crippen LogP contribution in [-0.2, 0) is 14.3 Å². The lowest BCUT2D eigenvalue weighted by Gasteiger charge is -2.35. The van der Waals surface area contributed by atoms with Crippen molar-refractivity contribution in [3.8, 4) is 0 Å². The van der Waals surface area contributed by atoms with Crippen molar-refractivity contribution in [3.05, 3.63) is 0 Å². The molecule has 0 radical (unpaired) electrons. The molecule has 0 spiro atoms. The molecule has 6 heteroatoms. The number of hydrogen-bond acceptors (Lipinski definition) is 4. The molecule has 1 unspecified atom stereocenters. The number of ether oxygens (including phenoxy) is 1. The van der Waals surface area contributed by atoms with Gasteiger partial charge < -0.3 is 15.4 Å². The van der Waals surface area contributed by atoms with E-state index in [1.165, 1.54) is 0 Å². The van der Waals surface area contributed by atoms with E-state index in [1.54, 1.807) is 6.92 Å². The molecule has 0 aromatic carbocycles. The Morgan fingerprint density at radius 1 is 1.00 bits per heavy atom. The Kier molecular flexibility index (Phi) is 10.7. The molecule has 2 N–H and O–H groups in total. The molecule has 0 aromatic rings. The lowest BCUT2D eigenvalue weighted by Crippen LogP contribution is -2.42. The zero-order valence-corrected chi connectivity index (χ0v) is 18.0. The van der Waals surface area contributed by atoms with Crippen LogP contribution in [-0.4, -0.2) is 43.4 Å². The summed E-state index contributed by atoms with van der Waals surface area (Å²) in [6, 6.07) is 0. The Morgan fingerprint density at radius 2 is 1.52 bits per heavy atom. The van der Waals surface area contributed by atoms with Gasteiger partial charge in [-0.3, -0.25) is 9.59 Å². The fraction of sp³-hybridized carbons (Fsp3) is 0.895. The molecule has 25 heavy (non-hydrogen) atoms. The van der Waals surface area contributed by atoms with E-state index in [4.69, 9.17) is 4.74 Å². The highest BCUT2D eigenvalue weighted by Crippen LogP contribution is 2.32. The zero-order chi connectivity index (χ0) is 19.7. The second-order valence-electron chi connectivity index (χ2n) is 8.89. The van der Waals surface area contributed by atoms with Crippen LogP contribution >= 0.6 is 12.6 Å². The number of nitrogens with one attached hydrogen (secondary N) is 2. The van der Waals surface area contributed by atoms with Gasteiger partial charge in [0.05, 0.1) is 11.9 Å². The van der Waals surface area contributed by atoms with Crippen LogP contribution in [0.4, 0.5) is 0 Å². The number of carbonyl (C=O) groups excluding carboxylic acids is 2. The summed E-state index contributed by atoms with van der Waals surface area (Å²) in [5.74, 6) is 0.450. The molecule has 5 nitrogen and oxygen atoms in total. The van der Waals surface area contributed by atoms with E-state index in [0.29, 0.717) is 38.6 Å². The van der Waals surface area contributed by atoms with E-state index in [1.807, 2.05) is 0 Å². The summed E-state index contributed by atoms with van der Waals surface area (Å²) in [6.45, 7) is 16.8. The van der Waals surface area contributed by atoms with E-state index >= 15 is 0 Å². The van der Waals surface area contributed by atoms with Gasteiger partial charge in [-0.2, -0.15) is 12.6 Å². The van der Waals surface area contributed by atoms with Crippen LogP contribution in [0.15, 0.2) is 0 Å². The van der Waals surface area contributed by atoms with Crippen molar-refractivity contribution in [1.29, 1.82) is 0 Å². The van der Waals surface area contributed by atoms with E-state index in [9.17, 15) is 9.59 Å². The first-order chi connectivity index (χ1) is 11.3. The number of rotatable bonds is 12. The van der Waals surface area contributed by atoms with Crippen molar-refractivity contribution in [2.24, 2.45) is 16.7 Å². The largest absolute Gasteiger partial charge is 0.381 e. The minimum atomic E-state index is -0.305. The Morgan fingerprint density at radius 3 is 2.00 bits per heavy atom. The first kappa shape index (κ1) is 24.2. The fourth-order valence-corrected chi connectivity index (χ4v) is 2.90. The van der Waals surface area contributed by atoms with Gasteiger partial charge in [0.2, 0.25) is 11.8 Å². The Balaban J connectivity index is 4.20. The maximum Gasteiger partial charge on any atom is 0.232 e. The quantitative estimate of drug-likeness (QED) is 0.363. The van der Waals surface area contributed by atoms with Gasteiger partial charge in [-0.1, -0.05) is 41.5 Å². The van der Waals surface area contributed by atoms with Gasteiger partial charge in [0.25, 0.3) is 0 Å². The summed E-state index contributed by atoms with van der Waals surface area (Å²) >= 11 is 4.14. The molecule has 0 saturated heterocycles. The van der Waals surface area contributed by atoms with Gasteiger partial charge in [0.15, 0.2) is 0 Å². The van der Waals surface area contributed by atoms with Gasteiger partial charge in [-0.15, -0.1) is 0 Å². The van der Waals surface area contributed by atoms with Crippen LogP contribution in [0.1, 0.15) is 61.3 Å². The Bertz CT molecular complexity index is 421. The smallest absolute Gasteiger partial charge is 0.232 e. The first-order valence-corrected chi connectivity index (χ1v) is 9.66. The molecule has 148 valence electrons. The molecule has 2 amide bonds. The summed E-state index contributed by atoms with van der Waals surface area (Å²) in [4.78, 5) is 23.6. The average Bonchev–Trinajstić information content (AvgIpc) is 2.46. The summed E-state index contributed by atoms with van der Waals surface area (Å²) in [7, 11) is 0. The van der Waals surface area contributed by atoms with E-state index in [-0.39, 0.29) is 27.9 Å². The Labute approximate surface area is 159 Å². The second kappa shape index (κ2) is 11.1. The maximum absolute atomic E-state index is 11.9. The van der Waals surface area contributed by atoms with Crippen LogP contribution < -0.4 is 10.6 Å². The van der Waals surface area contributed by atoms with Crippen molar-refractivity contribution in [2.45, 2.75) is 66.6 Å². The normalized spacial score (nSPS) is 13.6. The van der Waals surface area contributed by atoms with E-state index < -0.39 is 0 Å². The molecule has 0 fully saturated rings. The molecular weight excluding hydrogens is 336 g/mol. The minimum Gasteiger partial charge on any atom is -0.381 e. The zero-order valence-electron chi connectivity index (χ0n) is 17.1. The predicted molar refractivity (Wildman–Crippen MR) is 107 cm³/mol. The standard InChI is InChI=1S/C19H38N2O3S/c1-14(2)10-24-9-8-16(22)20-12-18(4,5)11-19(6,7)13-21-17(23)15(3)25/h14-15,25H,8-13H2,1-7H3,(H,20,22)(H,21,23). The molecular formula is C19H38N2O3S. The third kappa shape index (κ3) is 13.2. The molecule has 0 aliphatic rings. The fourth-order valence-electron chi connectivity index (χ4n) is 2.80. The van der Waals surface area contributed by atoms with Gasteiger partial charge >= 0.3 is 0 Å². The highest BCUT2D eigenvalue weighted by Gasteiger charge is 2.29. The summed E-state index contributed by atoms with van der Waals surface area (Å²) < 4.78 is 5.44. The maximum atomic E-state index is 11.9. The summed E-state index contributed by atoms with van der Waals surface area (Å²) in [5.41, 5.74) is -0.123. The SMILES string of the molecule is CC(C)COCCC(=O)NCC(C)(C)CC(C)(C)CNC(=O)C(C)S. The van der Waals surface area contributed by atoms with Crippen molar-refractivity contribution < 1.29 is 14.3 Å². The third-order valence-electron chi connectivity index (χ3n) is 3.77. The molecule has 1 atom stereocenters. The van der Waals surface area contributed by atoms with Crippen LogP contribution in [0.3, 0.4) is 0 Å².